The van der Waals surface area contributed by atoms with Crippen LogP contribution in [0.1, 0.15) is 17.3 Å². The second-order valence-corrected chi connectivity index (χ2v) is 6.80. The molecule has 1 unspecified atom stereocenters. The van der Waals surface area contributed by atoms with Crippen molar-refractivity contribution in [2.24, 2.45) is 0 Å². The fourth-order valence-corrected chi connectivity index (χ4v) is 3.00. The van der Waals surface area contributed by atoms with Crippen LogP contribution in [0.2, 0.25) is 0 Å². The van der Waals surface area contributed by atoms with Crippen LogP contribution in [0.3, 0.4) is 0 Å². The van der Waals surface area contributed by atoms with Crippen molar-refractivity contribution in [2.45, 2.75) is 17.1 Å². The molecule has 0 aliphatic carbocycles. The zero-order chi connectivity index (χ0) is 18.9. The Labute approximate surface area is 156 Å². The molecule has 2 aromatic rings. The number of benzene rings is 2. The molecule has 0 aromatic heterocycles. The number of carboxylic acids is 1. The summed E-state index contributed by atoms with van der Waals surface area (Å²) in [5, 5.41) is 11.2. The maximum Gasteiger partial charge on any atom is 0.316 e. The van der Waals surface area contributed by atoms with Crippen LogP contribution in [0.15, 0.2) is 53.4 Å². The summed E-state index contributed by atoms with van der Waals surface area (Å²) < 4.78 is 10.4. The Kier molecular flexibility index (Phi) is 7.50. The van der Waals surface area contributed by atoms with E-state index in [4.69, 9.17) is 14.6 Å². The summed E-state index contributed by atoms with van der Waals surface area (Å²) in [5.41, 5.74) is 1.06. The lowest BCUT2D eigenvalue weighted by atomic mass is 10.2. The Morgan fingerprint density at radius 1 is 1.12 bits per heavy atom. The number of thioether (sulfide) groups is 1. The van der Waals surface area contributed by atoms with Crippen molar-refractivity contribution in [3.05, 3.63) is 54.1 Å². The first-order valence-corrected chi connectivity index (χ1v) is 8.91. The summed E-state index contributed by atoms with van der Waals surface area (Å²) in [6.45, 7) is 2.54. The number of aliphatic carboxylic acids is 1. The number of nitrogens with one attached hydrogen (secondary N) is 1. The van der Waals surface area contributed by atoms with Gasteiger partial charge < -0.3 is 19.9 Å². The molecule has 0 aliphatic rings. The molecule has 7 heteroatoms. The van der Waals surface area contributed by atoms with Gasteiger partial charge in [0.05, 0.1) is 12.2 Å². The lowest BCUT2D eigenvalue weighted by molar-refractivity contribution is -0.136. The molecule has 0 spiro atoms. The molecule has 1 atom stereocenters. The molecule has 0 saturated carbocycles. The molecule has 138 valence electrons. The number of methoxy groups -OCH3 is 1. The minimum atomic E-state index is -0.922. The van der Waals surface area contributed by atoms with E-state index in [1.54, 1.807) is 62.6 Å². The third-order valence-corrected chi connectivity index (χ3v) is 4.62. The van der Waals surface area contributed by atoms with Crippen molar-refractivity contribution in [1.82, 2.24) is 0 Å². The summed E-state index contributed by atoms with van der Waals surface area (Å²) in [6, 6.07) is 14.0. The molecule has 0 fully saturated rings. The third-order valence-electron chi connectivity index (χ3n) is 3.45. The fourth-order valence-electron chi connectivity index (χ4n) is 2.07. The summed E-state index contributed by atoms with van der Waals surface area (Å²) >= 11 is 1.14. The number of rotatable bonds is 9. The SMILES string of the molecule is COCCOc1ccc(NC(=O)c2ccccc2SC(C)C(=O)O)cc1. The maximum absolute atomic E-state index is 12.6. The van der Waals surface area contributed by atoms with E-state index in [-0.39, 0.29) is 5.91 Å². The van der Waals surface area contributed by atoms with Crippen LogP contribution in [0.25, 0.3) is 0 Å². The first-order chi connectivity index (χ1) is 12.5. The van der Waals surface area contributed by atoms with Crippen LogP contribution in [-0.4, -0.2) is 42.6 Å². The van der Waals surface area contributed by atoms with Gasteiger partial charge in [0, 0.05) is 17.7 Å². The molecular formula is C19H21NO5S. The molecule has 2 aromatic carbocycles. The minimum absolute atomic E-state index is 0.293. The minimum Gasteiger partial charge on any atom is -0.491 e. The second kappa shape index (κ2) is 9.84. The molecule has 26 heavy (non-hydrogen) atoms. The highest BCUT2D eigenvalue weighted by molar-refractivity contribution is 8.00. The molecule has 6 nitrogen and oxygen atoms in total. The van der Waals surface area contributed by atoms with Crippen LogP contribution in [0.4, 0.5) is 5.69 Å². The van der Waals surface area contributed by atoms with Crippen LogP contribution in [0.5, 0.6) is 5.75 Å². The smallest absolute Gasteiger partial charge is 0.316 e. The van der Waals surface area contributed by atoms with Crippen LogP contribution >= 0.6 is 11.8 Å². The summed E-state index contributed by atoms with van der Waals surface area (Å²) in [5.74, 6) is -0.528. The Balaban J connectivity index is 2.04. The molecule has 0 aliphatic heterocycles. The summed E-state index contributed by atoms with van der Waals surface area (Å²) in [7, 11) is 1.61. The highest BCUT2D eigenvalue weighted by Gasteiger charge is 2.17. The van der Waals surface area contributed by atoms with Crippen LogP contribution in [0, 0.1) is 0 Å². The highest BCUT2D eigenvalue weighted by Crippen LogP contribution is 2.27. The molecular weight excluding hydrogens is 354 g/mol. The number of hydrogen-bond acceptors (Lipinski definition) is 5. The van der Waals surface area contributed by atoms with E-state index in [9.17, 15) is 9.59 Å². The van der Waals surface area contributed by atoms with Gasteiger partial charge in [-0.1, -0.05) is 12.1 Å². The van der Waals surface area contributed by atoms with E-state index < -0.39 is 11.2 Å². The van der Waals surface area contributed by atoms with Crippen LogP contribution < -0.4 is 10.1 Å². The van der Waals surface area contributed by atoms with Crippen molar-refractivity contribution in [1.29, 1.82) is 0 Å². The van der Waals surface area contributed by atoms with Gasteiger partial charge in [-0.15, -0.1) is 11.8 Å². The predicted octanol–water partition coefficient (Wildman–Crippen LogP) is 3.53. The van der Waals surface area contributed by atoms with Crippen molar-refractivity contribution >= 4 is 29.3 Å². The molecule has 2 N–H and O–H groups in total. The Hall–Kier alpha value is -2.51. The van der Waals surface area contributed by atoms with E-state index >= 15 is 0 Å². The largest absolute Gasteiger partial charge is 0.491 e. The number of hydrogen-bond donors (Lipinski definition) is 2. The van der Waals surface area contributed by atoms with E-state index in [0.717, 1.165) is 11.8 Å². The monoisotopic (exact) mass is 375 g/mol. The molecule has 2 rings (SSSR count). The van der Waals surface area contributed by atoms with E-state index in [1.165, 1.54) is 0 Å². The normalized spacial score (nSPS) is 11.6. The van der Waals surface area contributed by atoms with Crippen LogP contribution in [-0.2, 0) is 9.53 Å². The van der Waals surface area contributed by atoms with E-state index in [2.05, 4.69) is 5.32 Å². The first kappa shape index (κ1) is 19.8. The molecule has 1 amide bonds. The third kappa shape index (κ3) is 5.79. The van der Waals surface area contributed by atoms with Crippen molar-refractivity contribution in [3.8, 4) is 5.75 Å². The molecule has 0 radical (unpaired) electrons. The summed E-state index contributed by atoms with van der Waals surface area (Å²) in [6.07, 6.45) is 0. The van der Waals surface area contributed by atoms with Crippen molar-refractivity contribution < 1.29 is 24.2 Å². The van der Waals surface area contributed by atoms with Gasteiger partial charge in [0.15, 0.2) is 0 Å². The molecule has 0 heterocycles. The van der Waals surface area contributed by atoms with Crippen molar-refractivity contribution in [2.75, 3.05) is 25.6 Å². The van der Waals surface area contributed by atoms with Gasteiger partial charge in [0.25, 0.3) is 5.91 Å². The average Bonchev–Trinajstić information content (AvgIpc) is 2.63. The second-order valence-electron chi connectivity index (χ2n) is 5.41. The Morgan fingerprint density at radius 3 is 2.46 bits per heavy atom. The Morgan fingerprint density at radius 2 is 1.81 bits per heavy atom. The lowest BCUT2D eigenvalue weighted by Gasteiger charge is -2.12. The number of carbonyl (C=O) groups is 2. The zero-order valence-electron chi connectivity index (χ0n) is 14.6. The molecule has 0 bridgehead atoms. The van der Waals surface area contributed by atoms with Gasteiger partial charge >= 0.3 is 5.97 Å². The predicted molar refractivity (Wildman–Crippen MR) is 101 cm³/mol. The lowest BCUT2D eigenvalue weighted by Crippen LogP contribution is -2.15. The molecule has 0 saturated heterocycles. The maximum atomic E-state index is 12.6. The Bertz CT molecular complexity index is 748. The number of anilines is 1. The summed E-state index contributed by atoms with van der Waals surface area (Å²) in [4.78, 5) is 24.2. The number of amides is 1. The van der Waals surface area contributed by atoms with E-state index in [0.29, 0.717) is 35.1 Å². The first-order valence-electron chi connectivity index (χ1n) is 8.03. The van der Waals surface area contributed by atoms with Gasteiger partial charge in [0.2, 0.25) is 0 Å². The average molecular weight is 375 g/mol. The number of carboxylic acid groups (broad SMARTS) is 1. The van der Waals surface area contributed by atoms with Gasteiger partial charge in [-0.3, -0.25) is 9.59 Å². The fraction of sp³-hybridized carbons (Fsp3) is 0.263. The topological polar surface area (TPSA) is 84.9 Å². The van der Waals surface area contributed by atoms with Gasteiger partial charge in [0.1, 0.15) is 17.6 Å². The van der Waals surface area contributed by atoms with Gasteiger partial charge in [-0.2, -0.15) is 0 Å². The number of carbonyl (C=O) groups excluding carboxylic acids is 1. The zero-order valence-corrected chi connectivity index (χ0v) is 15.4. The van der Waals surface area contributed by atoms with Crippen molar-refractivity contribution in [3.63, 3.8) is 0 Å². The van der Waals surface area contributed by atoms with Gasteiger partial charge in [-0.05, 0) is 43.3 Å². The standard InChI is InChI=1S/C19H21NO5S/c1-13(19(22)23)26-17-6-4-3-5-16(17)18(21)20-14-7-9-15(10-8-14)25-12-11-24-2/h3-10,13H,11-12H2,1-2H3,(H,20,21)(H,22,23). The highest BCUT2D eigenvalue weighted by atomic mass is 32.2. The van der Waals surface area contributed by atoms with Gasteiger partial charge in [-0.25, -0.2) is 0 Å². The quantitative estimate of drug-likeness (QED) is 0.515. The number of ether oxygens (including phenoxy) is 2. The van der Waals surface area contributed by atoms with E-state index in [1.807, 2.05) is 0 Å².